The number of ketones is 1. The normalized spacial score (nSPS) is 14.7. The average molecular weight is 475 g/mol. The average Bonchev–Trinajstić information content (AvgIpc) is 3.47. The molecule has 0 spiro atoms. The summed E-state index contributed by atoms with van der Waals surface area (Å²) < 4.78 is 32.2. The Balaban J connectivity index is 1.52. The van der Waals surface area contributed by atoms with E-state index >= 15 is 0 Å². The molecule has 0 saturated carbocycles. The number of H-pyrrole nitrogens is 1. The first-order valence-electron chi connectivity index (χ1n) is 10.4. The molecule has 0 unspecified atom stereocenters. The number of aromatic amines is 1. The maximum absolute atomic E-state index is 12.8. The molecule has 7 nitrogen and oxygen atoms in total. The fourth-order valence-electron chi connectivity index (χ4n) is 3.93. The number of para-hydroxylation sites is 1. The van der Waals surface area contributed by atoms with Crippen LogP contribution in [0.4, 0.5) is 0 Å². The summed E-state index contributed by atoms with van der Waals surface area (Å²) in [7, 11) is -3.71. The quantitative estimate of drug-likeness (QED) is 0.408. The smallest absolute Gasteiger partial charge is 0.340 e. The highest BCUT2D eigenvalue weighted by Gasteiger charge is 2.28. The number of nitrogens with zero attached hydrogens (tertiary/aromatic N) is 1. The molecule has 1 aromatic heterocycles. The molecule has 1 N–H and O–H groups in total. The molecule has 9 heteroatoms. The van der Waals surface area contributed by atoms with Gasteiger partial charge in [-0.25, -0.2) is 13.2 Å². The van der Waals surface area contributed by atoms with Gasteiger partial charge in [-0.1, -0.05) is 36.7 Å². The molecular formula is C23H23ClN2O5S. The Morgan fingerprint density at radius 1 is 1.12 bits per heavy atom. The topological polar surface area (TPSA) is 96.5 Å². The summed E-state index contributed by atoms with van der Waals surface area (Å²) in [5, 5.41) is 0.824. The summed E-state index contributed by atoms with van der Waals surface area (Å²) in [6, 6.07) is 9.64. The molecular weight excluding hydrogens is 452 g/mol. The summed E-state index contributed by atoms with van der Waals surface area (Å²) in [5.41, 5.74) is 2.31. The van der Waals surface area contributed by atoms with Gasteiger partial charge in [0, 0.05) is 35.8 Å². The van der Waals surface area contributed by atoms with Crippen molar-refractivity contribution >= 4 is 44.3 Å². The van der Waals surface area contributed by atoms with E-state index < -0.39 is 22.6 Å². The first-order chi connectivity index (χ1) is 15.3. The fourth-order valence-corrected chi connectivity index (χ4v) is 5.67. The van der Waals surface area contributed by atoms with Gasteiger partial charge in [-0.3, -0.25) is 4.79 Å². The van der Waals surface area contributed by atoms with Gasteiger partial charge < -0.3 is 9.72 Å². The van der Waals surface area contributed by atoms with E-state index in [1.54, 1.807) is 6.20 Å². The van der Waals surface area contributed by atoms with Gasteiger partial charge in [-0.15, -0.1) is 0 Å². The Bertz CT molecular complexity index is 1290. The SMILES string of the molecule is CCc1cccc2c(C(=O)COC(=O)c3cc(S(=O)(=O)N4CCCC4)ccc3Cl)c[nH]c12. The zero-order valence-electron chi connectivity index (χ0n) is 17.6. The second-order valence-corrected chi connectivity index (χ2v) is 9.99. The molecule has 0 aliphatic carbocycles. The molecule has 3 aromatic rings. The minimum Gasteiger partial charge on any atom is -0.454 e. The van der Waals surface area contributed by atoms with Gasteiger partial charge in [0.15, 0.2) is 6.61 Å². The van der Waals surface area contributed by atoms with Crippen molar-refractivity contribution in [3.05, 3.63) is 64.3 Å². The zero-order valence-corrected chi connectivity index (χ0v) is 19.1. The van der Waals surface area contributed by atoms with Crippen molar-refractivity contribution in [2.24, 2.45) is 0 Å². The lowest BCUT2D eigenvalue weighted by Gasteiger charge is -2.16. The summed E-state index contributed by atoms with van der Waals surface area (Å²) in [6.45, 7) is 2.44. The van der Waals surface area contributed by atoms with Crippen LogP contribution in [-0.4, -0.2) is 49.2 Å². The molecule has 168 valence electrons. The van der Waals surface area contributed by atoms with Crippen molar-refractivity contribution in [1.29, 1.82) is 0 Å². The van der Waals surface area contributed by atoms with Crippen molar-refractivity contribution in [3.63, 3.8) is 0 Å². The first kappa shape index (κ1) is 22.5. The molecule has 1 fully saturated rings. The Morgan fingerprint density at radius 3 is 2.59 bits per heavy atom. The minimum atomic E-state index is -3.71. The third-order valence-electron chi connectivity index (χ3n) is 5.68. The summed E-state index contributed by atoms with van der Waals surface area (Å²) in [5.74, 6) is -1.22. The molecule has 2 aromatic carbocycles. The molecule has 1 aliphatic rings. The molecule has 0 amide bonds. The highest BCUT2D eigenvalue weighted by Crippen LogP contribution is 2.26. The van der Waals surface area contributed by atoms with E-state index in [0.29, 0.717) is 18.7 Å². The highest BCUT2D eigenvalue weighted by molar-refractivity contribution is 7.89. The zero-order chi connectivity index (χ0) is 22.9. The Hall–Kier alpha value is -2.68. The van der Waals surface area contributed by atoms with Crippen LogP contribution in [0.25, 0.3) is 10.9 Å². The van der Waals surface area contributed by atoms with Crippen LogP contribution in [0, 0.1) is 0 Å². The number of aryl methyl sites for hydroxylation is 1. The summed E-state index contributed by atoms with van der Waals surface area (Å²) >= 11 is 6.13. The van der Waals surface area contributed by atoms with E-state index in [-0.39, 0.29) is 21.3 Å². The van der Waals surface area contributed by atoms with Crippen molar-refractivity contribution in [3.8, 4) is 0 Å². The van der Waals surface area contributed by atoms with Crippen molar-refractivity contribution in [2.45, 2.75) is 31.1 Å². The standard InChI is InChI=1S/C23H23ClN2O5S/c1-2-15-6-5-7-17-19(13-25-22(15)17)21(27)14-31-23(28)18-12-16(8-9-20(18)24)32(29,30)26-10-3-4-11-26/h5-9,12-13,25H,2-4,10-11,14H2,1H3. The monoisotopic (exact) mass is 474 g/mol. The van der Waals surface area contributed by atoms with Crippen molar-refractivity contribution in [1.82, 2.24) is 9.29 Å². The van der Waals surface area contributed by atoms with Gasteiger partial charge >= 0.3 is 5.97 Å². The van der Waals surface area contributed by atoms with Gasteiger partial charge in [0.25, 0.3) is 0 Å². The second-order valence-electron chi connectivity index (χ2n) is 7.65. The van der Waals surface area contributed by atoms with Gasteiger partial charge in [0.05, 0.1) is 15.5 Å². The van der Waals surface area contributed by atoms with Crippen LogP contribution in [0.15, 0.2) is 47.5 Å². The van der Waals surface area contributed by atoms with Gasteiger partial charge in [0.1, 0.15) is 0 Å². The number of carbonyl (C=O) groups is 2. The maximum atomic E-state index is 12.8. The number of carbonyl (C=O) groups excluding carboxylic acids is 2. The highest BCUT2D eigenvalue weighted by atomic mass is 35.5. The number of hydrogen-bond acceptors (Lipinski definition) is 5. The summed E-state index contributed by atoms with van der Waals surface area (Å²) in [4.78, 5) is 28.4. The molecule has 1 saturated heterocycles. The van der Waals surface area contributed by atoms with E-state index in [1.165, 1.54) is 22.5 Å². The number of sulfonamides is 1. The van der Waals surface area contributed by atoms with Crippen LogP contribution in [0.1, 0.15) is 46.0 Å². The van der Waals surface area contributed by atoms with Crippen molar-refractivity contribution < 1.29 is 22.7 Å². The minimum absolute atomic E-state index is 0.0224. The van der Waals surface area contributed by atoms with Crippen LogP contribution >= 0.6 is 11.6 Å². The number of fused-ring (bicyclic) bond motifs is 1. The number of halogens is 1. The molecule has 0 bridgehead atoms. The Morgan fingerprint density at radius 2 is 1.88 bits per heavy atom. The van der Waals surface area contributed by atoms with Crippen LogP contribution < -0.4 is 0 Å². The van der Waals surface area contributed by atoms with Crippen molar-refractivity contribution in [2.75, 3.05) is 19.7 Å². The first-order valence-corrected chi connectivity index (χ1v) is 12.2. The maximum Gasteiger partial charge on any atom is 0.340 e. The van der Waals surface area contributed by atoms with E-state index in [4.69, 9.17) is 16.3 Å². The fraction of sp³-hybridized carbons (Fsp3) is 0.304. The lowest BCUT2D eigenvalue weighted by Crippen LogP contribution is -2.28. The molecule has 2 heterocycles. The lowest BCUT2D eigenvalue weighted by atomic mass is 10.1. The lowest BCUT2D eigenvalue weighted by molar-refractivity contribution is 0.0475. The molecule has 0 atom stereocenters. The number of rotatable bonds is 7. The predicted molar refractivity (Wildman–Crippen MR) is 122 cm³/mol. The van der Waals surface area contributed by atoms with Crippen LogP contribution in [0.3, 0.4) is 0 Å². The van der Waals surface area contributed by atoms with Gasteiger partial charge in [-0.05, 0) is 43.0 Å². The van der Waals surface area contributed by atoms with E-state index in [1.807, 2.05) is 25.1 Å². The number of nitrogens with one attached hydrogen (secondary N) is 1. The number of Topliss-reactive ketones (excluding diaryl/α,β-unsaturated/α-hetero) is 1. The number of ether oxygens (including phenoxy) is 1. The van der Waals surface area contributed by atoms with Gasteiger partial charge in [-0.2, -0.15) is 4.31 Å². The third kappa shape index (κ3) is 4.18. The second kappa shape index (κ2) is 9.05. The number of hydrogen-bond donors (Lipinski definition) is 1. The van der Waals surface area contributed by atoms with Crippen LogP contribution in [-0.2, 0) is 21.2 Å². The largest absolute Gasteiger partial charge is 0.454 e. The van der Waals surface area contributed by atoms with E-state index in [2.05, 4.69) is 4.98 Å². The molecule has 4 rings (SSSR count). The Labute approximate surface area is 191 Å². The van der Waals surface area contributed by atoms with Crippen LogP contribution in [0.5, 0.6) is 0 Å². The number of aromatic nitrogens is 1. The molecule has 32 heavy (non-hydrogen) atoms. The van der Waals surface area contributed by atoms with E-state index in [9.17, 15) is 18.0 Å². The molecule has 1 aliphatic heterocycles. The van der Waals surface area contributed by atoms with Crippen LogP contribution in [0.2, 0.25) is 5.02 Å². The summed E-state index contributed by atoms with van der Waals surface area (Å²) in [6.07, 6.45) is 4.03. The Kier molecular flexibility index (Phi) is 6.37. The predicted octanol–water partition coefficient (Wildman–Crippen LogP) is 4.21. The number of benzene rings is 2. The van der Waals surface area contributed by atoms with Gasteiger partial charge in [0.2, 0.25) is 15.8 Å². The third-order valence-corrected chi connectivity index (χ3v) is 7.90. The number of esters is 1. The molecule has 0 radical (unpaired) electrons. The van der Waals surface area contributed by atoms with E-state index in [0.717, 1.165) is 35.7 Å².